The summed E-state index contributed by atoms with van der Waals surface area (Å²) >= 11 is 0. The minimum Gasteiger partial charge on any atom is -0.377 e. The third-order valence-electron chi connectivity index (χ3n) is 2.50. The van der Waals surface area contributed by atoms with E-state index in [1.165, 1.54) is 6.92 Å². The van der Waals surface area contributed by atoms with Gasteiger partial charge in [-0.3, -0.25) is 10.1 Å². The van der Waals surface area contributed by atoms with Crippen LogP contribution in [0.3, 0.4) is 0 Å². The molecule has 0 aromatic carbocycles. The van der Waals surface area contributed by atoms with Gasteiger partial charge in [-0.1, -0.05) is 6.42 Å². The van der Waals surface area contributed by atoms with Gasteiger partial charge >= 0.3 is 0 Å². The molecule has 0 amide bonds. The highest BCUT2D eigenvalue weighted by molar-refractivity contribution is 5.77. The predicted molar refractivity (Wildman–Crippen MR) is 65.3 cm³/mol. The van der Waals surface area contributed by atoms with E-state index in [1.807, 2.05) is 14.1 Å². The molecule has 0 bridgehead atoms. The van der Waals surface area contributed by atoms with E-state index in [0.717, 1.165) is 25.8 Å². The summed E-state index contributed by atoms with van der Waals surface area (Å²) in [4.78, 5) is 10.8. The quantitative estimate of drug-likeness (QED) is 0.300. The molecule has 0 aliphatic rings. The van der Waals surface area contributed by atoms with Gasteiger partial charge in [-0.2, -0.15) is 0 Å². The van der Waals surface area contributed by atoms with Crippen molar-refractivity contribution in [3.63, 3.8) is 0 Å². The molecular weight excluding hydrogens is 206 g/mol. The minimum atomic E-state index is -0.663. The fourth-order valence-electron chi connectivity index (χ4n) is 1.52. The van der Waals surface area contributed by atoms with Crippen molar-refractivity contribution in [3.05, 3.63) is 0 Å². The van der Waals surface area contributed by atoms with Gasteiger partial charge in [0.25, 0.3) is 0 Å². The fourth-order valence-corrected chi connectivity index (χ4v) is 1.52. The summed E-state index contributed by atoms with van der Waals surface area (Å²) < 4.78 is 0. The maximum atomic E-state index is 10.8. The lowest BCUT2D eigenvalue weighted by Gasteiger charge is -2.23. The number of aliphatic hydroxyl groups excluding tert-OH is 1. The molecule has 0 aliphatic carbocycles. The molecule has 0 aliphatic heterocycles. The van der Waals surface area contributed by atoms with E-state index in [-0.39, 0.29) is 18.4 Å². The number of carbonyl (C=O) groups excluding carboxylic acids is 1. The Morgan fingerprint density at radius 1 is 1.31 bits per heavy atom. The van der Waals surface area contributed by atoms with Gasteiger partial charge in [0.2, 0.25) is 0 Å². The first-order valence-electron chi connectivity index (χ1n) is 5.84. The number of nitrogens with one attached hydrogen (secondary N) is 3. The lowest BCUT2D eigenvalue weighted by Crippen LogP contribution is -2.47. The Kier molecular flexibility index (Phi) is 9.42. The maximum Gasteiger partial charge on any atom is 0.143 e. The van der Waals surface area contributed by atoms with E-state index >= 15 is 0 Å². The van der Waals surface area contributed by atoms with Crippen LogP contribution in [0.2, 0.25) is 0 Å². The van der Waals surface area contributed by atoms with Crippen molar-refractivity contribution >= 4 is 5.78 Å². The Hall–Kier alpha value is -0.490. The molecule has 16 heavy (non-hydrogen) atoms. The third-order valence-corrected chi connectivity index (χ3v) is 2.50. The number of ketones is 1. The summed E-state index contributed by atoms with van der Waals surface area (Å²) in [6.45, 7) is 2.71. The van der Waals surface area contributed by atoms with Crippen LogP contribution in [0, 0.1) is 0 Å². The molecule has 0 saturated heterocycles. The molecule has 0 aromatic heterocycles. The number of likely N-dealkylation sites (N-methyl/N-ethyl adjacent to an activating group) is 1. The zero-order valence-electron chi connectivity index (χ0n) is 10.5. The summed E-state index contributed by atoms with van der Waals surface area (Å²) in [6, 6.07) is -0.00351. The normalized spacial score (nSPS) is 14.8. The Bertz CT molecular complexity index is 188. The first kappa shape index (κ1) is 15.5. The SMILES string of the molecule is CNCCCCC(NC)C(O)NCC(C)=O. The lowest BCUT2D eigenvalue weighted by molar-refractivity contribution is -0.116. The number of hydrogen-bond acceptors (Lipinski definition) is 5. The van der Waals surface area contributed by atoms with Crippen molar-refractivity contribution in [2.45, 2.75) is 38.5 Å². The first-order chi connectivity index (χ1) is 7.61. The molecule has 96 valence electrons. The highest BCUT2D eigenvalue weighted by Gasteiger charge is 2.16. The van der Waals surface area contributed by atoms with Gasteiger partial charge in [-0.25, -0.2) is 0 Å². The molecule has 0 spiro atoms. The highest BCUT2D eigenvalue weighted by atomic mass is 16.3. The van der Waals surface area contributed by atoms with E-state index in [0.29, 0.717) is 0 Å². The number of rotatable bonds is 10. The molecule has 0 saturated carbocycles. The van der Waals surface area contributed by atoms with Crippen LogP contribution in [0.4, 0.5) is 0 Å². The van der Waals surface area contributed by atoms with Crippen LogP contribution in [-0.2, 0) is 4.79 Å². The van der Waals surface area contributed by atoms with Crippen molar-refractivity contribution in [1.29, 1.82) is 0 Å². The molecule has 0 aromatic rings. The van der Waals surface area contributed by atoms with Crippen LogP contribution in [0.5, 0.6) is 0 Å². The van der Waals surface area contributed by atoms with E-state index in [1.54, 1.807) is 0 Å². The number of Topliss-reactive ketones (excluding diaryl/α,β-unsaturated/α-hetero) is 1. The number of unbranched alkanes of at least 4 members (excludes halogenated alkanes) is 1. The van der Waals surface area contributed by atoms with Crippen molar-refractivity contribution in [1.82, 2.24) is 16.0 Å². The maximum absolute atomic E-state index is 10.8. The number of aliphatic hydroxyl groups is 1. The Labute approximate surface area is 98.0 Å². The zero-order valence-corrected chi connectivity index (χ0v) is 10.5. The molecule has 2 atom stereocenters. The number of carbonyl (C=O) groups is 1. The molecule has 5 nitrogen and oxygen atoms in total. The second kappa shape index (κ2) is 9.72. The van der Waals surface area contributed by atoms with Crippen LogP contribution in [0.1, 0.15) is 26.2 Å². The molecule has 2 unspecified atom stereocenters. The summed E-state index contributed by atoms with van der Waals surface area (Å²) in [5, 5.41) is 18.7. The average molecular weight is 231 g/mol. The number of hydrogen-bond donors (Lipinski definition) is 4. The van der Waals surface area contributed by atoms with Crippen LogP contribution in [-0.4, -0.2) is 50.3 Å². The Morgan fingerprint density at radius 3 is 2.50 bits per heavy atom. The van der Waals surface area contributed by atoms with Gasteiger partial charge in [0, 0.05) is 6.04 Å². The molecule has 0 heterocycles. The van der Waals surface area contributed by atoms with Crippen molar-refractivity contribution < 1.29 is 9.90 Å². The Morgan fingerprint density at radius 2 is 2.00 bits per heavy atom. The lowest BCUT2D eigenvalue weighted by atomic mass is 10.1. The fraction of sp³-hybridized carbons (Fsp3) is 0.909. The predicted octanol–water partition coefficient (Wildman–Crippen LogP) is -0.539. The Balaban J connectivity index is 3.73. The summed E-state index contributed by atoms with van der Waals surface area (Å²) in [6.07, 6.45) is 2.37. The molecule has 5 heteroatoms. The summed E-state index contributed by atoms with van der Waals surface area (Å²) in [5.41, 5.74) is 0. The molecular formula is C11H25N3O2. The van der Waals surface area contributed by atoms with Crippen LogP contribution in [0.15, 0.2) is 0 Å². The standard InChI is InChI=1S/C11H25N3O2/c1-9(15)8-14-11(16)10(13-3)6-4-5-7-12-2/h10-14,16H,4-8H2,1-3H3. The van der Waals surface area contributed by atoms with Crippen molar-refractivity contribution in [2.75, 3.05) is 27.2 Å². The highest BCUT2D eigenvalue weighted by Crippen LogP contribution is 2.03. The van der Waals surface area contributed by atoms with E-state index in [2.05, 4.69) is 16.0 Å². The molecule has 4 N–H and O–H groups in total. The third kappa shape index (κ3) is 7.76. The monoisotopic (exact) mass is 231 g/mol. The second-order valence-corrected chi connectivity index (χ2v) is 4.02. The van der Waals surface area contributed by atoms with Crippen molar-refractivity contribution in [2.24, 2.45) is 0 Å². The van der Waals surface area contributed by atoms with Gasteiger partial charge in [0.1, 0.15) is 12.0 Å². The first-order valence-corrected chi connectivity index (χ1v) is 5.84. The van der Waals surface area contributed by atoms with Gasteiger partial charge in [-0.15, -0.1) is 0 Å². The van der Waals surface area contributed by atoms with Crippen LogP contribution in [0.25, 0.3) is 0 Å². The van der Waals surface area contributed by atoms with Gasteiger partial charge in [0.05, 0.1) is 6.54 Å². The van der Waals surface area contributed by atoms with E-state index < -0.39 is 6.23 Å². The average Bonchev–Trinajstić information content (AvgIpc) is 2.26. The van der Waals surface area contributed by atoms with Crippen molar-refractivity contribution in [3.8, 4) is 0 Å². The van der Waals surface area contributed by atoms with Gasteiger partial charge in [0.15, 0.2) is 0 Å². The molecule has 0 fully saturated rings. The van der Waals surface area contributed by atoms with Gasteiger partial charge in [-0.05, 0) is 40.4 Å². The van der Waals surface area contributed by atoms with Gasteiger partial charge < -0.3 is 15.7 Å². The van der Waals surface area contributed by atoms with E-state index in [4.69, 9.17) is 0 Å². The topological polar surface area (TPSA) is 73.4 Å². The summed E-state index contributed by atoms with van der Waals surface area (Å²) in [7, 11) is 3.75. The summed E-state index contributed by atoms with van der Waals surface area (Å²) in [5.74, 6) is 0.0316. The molecule has 0 rings (SSSR count). The smallest absolute Gasteiger partial charge is 0.143 e. The second-order valence-electron chi connectivity index (χ2n) is 4.02. The zero-order chi connectivity index (χ0) is 12.4. The minimum absolute atomic E-state index is 0.00351. The van der Waals surface area contributed by atoms with Crippen LogP contribution < -0.4 is 16.0 Å². The van der Waals surface area contributed by atoms with E-state index in [9.17, 15) is 9.90 Å². The largest absolute Gasteiger partial charge is 0.377 e. The van der Waals surface area contributed by atoms with Crippen LogP contribution >= 0.6 is 0 Å². The molecule has 0 radical (unpaired) electrons.